The maximum Gasteiger partial charge on any atom is 0.233 e. The molecule has 0 amide bonds. The number of oxime groups is 1. The number of hydrogen-bond donors (Lipinski definition) is 2. The number of guanidine groups is 1. The molecule has 0 radical (unpaired) electrons. The van der Waals surface area contributed by atoms with Gasteiger partial charge in [-0.05, 0) is 27.7 Å². The van der Waals surface area contributed by atoms with Gasteiger partial charge in [-0.2, -0.15) is 0 Å². The first-order chi connectivity index (χ1) is 5.00. The highest BCUT2D eigenvalue weighted by Gasteiger charge is 2.15. The van der Waals surface area contributed by atoms with Crippen molar-refractivity contribution in [3.05, 3.63) is 0 Å². The number of hydrogen-bond acceptors (Lipinski definition) is 2. The molecule has 0 aliphatic heterocycles. The van der Waals surface area contributed by atoms with Crippen LogP contribution in [0.2, 0.25) is 0 Å². The molecule has 0 unspecified atom stereocenters. The van der Waals surface area contributed by atoms with Crippen molar-refractivity contribution in [2.75, 3.05) is 0 Å². The van der Waals surface area contributed by atoms with Crippen LogP contribution in [0, 0.1) is 0 Å². The molecule has 0 saturated carbocycles. The average Bonchev–Trinajstić information content (AvgIpc) is 1.85. The average molecular weight is 159 g/mol. The van der Waals surface area contributed by atoms with E-state index < -0.39 is 0 Å². The molecule has 3 N–H and O–H groups in total. The second kappa shape index (κ2) is 4.05. The third-order valence-corrected chi connectivity index (χ3v) is 1.48. The minimum absolute atomic E-state index is 0.176. The maximum atomic E-state index is 8.42. The molecule has 0 saturated heterocycles. The Bertz CT molecular complexity index is 135. The van der Waals surface area contributed by atoms with Gasteiger partial charge in [-0.15, -0.1) is 0 Å². The summed E-state index contributed by atoms with van der Waals surface area (Å²) in [6.45, 7) is 7.99. The van der Waals surface area contributed by atoms with Crippen LogP contribution in [0.25, 0.3) is 0 Å². The SMILES string of the molecule is CC(C)N(C(N)=NO)C(C)C. The quantitative estimate of drug-likeness (QED) is 0.271. The van der Waals surface area contributed by atoms with Crippen molar-refractivity contribution < 1.29 is 5.21 Å². The summed E-state index contributed by atoms with van der Waals surface area (Å²) in [5.41, 5.74) is 5.44. The Hall–Kier alpha value is -0.930. The lowest BCUT2D eigenvalue weighted by Gasteiger charge is -2.30. The monoisotopic (exact) mass is 159 g/mol. The molecule has 0 spiro atoms. The van der Waals surface area contributed by atoms with E-state index >= 15 is 0 Å². The normalized spacial score (nSPS) is 12.7. The largest absolute Gasteiger partial charge is 0.408 e. The molecule has 0 aliphatic carbocycles. The first-order valence-corrected chi connectivity index (χ1v) is 3.76. The maximum absolute atomic E-state index is 8.42. The Labute approximate surface area is 67.7 Å². The van der Waals surface area contributed by atoms with Crippen LogP contribution >= 0.6 is 0 Å². The van der Waals surface area contributed by atoms with Crippen molar-refractivity contribution >= 4 is 5.96 Å². The predicted octanol–water partition coefficient (Wildman–Crippen LogP) is 0.809. The van der Waals surface area contributed by atoms with Crippen molar-refractivity contribution in [3.8, 4) is 0 Å². The van der Waals surface area contributed by atoms with Crippen molar-refractivity contribution in [2.45, 2.75) is 39.8 Å². The van der Waals surface area contributed by atoms with Gasteiger partial charge in [0.05, 0.1) is 0 Å². The fraction of sp³-hybridized carbons (Fsp3) is 0.857. The van der Waals surface area contributed by atoms with E-state index in [-0.39, 0.29) is 18.0 Å². The van der Waals surface area contributed by atoms with Gasteiger partial charge in [-0.25, -0.2) is 0 Å². The Morgan fingerprint density at radius 1 is 1.27 bits per heavy atom. The molecule has 0 aliphatic rings. The van der Waals surface area contributed by atoms with Crippen molar-refractivity contribution in [1.82, 2.24) is 4.90 Å². The first-order valence-electron chi connectivity index (χ1n) is 3.76. The van der Waals surface area contributed by atoms with Gasteiger partial charge in [0.2, 0.25) is 5.96 Å². The first kappa shape index (κ1) is 10.1. The second-order valence-electron chi connectivity index (χ2n) is 3.05. The van der Waals surface area contributed by atoms with Crippen LogP contribution in [0.15, 0.2) is 5.16 Å². The molecule has 0 rings (SSSR count). The van der Waals surface area contributed by atoms with E-state index in [4.69, 9.17) is 10.9 Å². The number of rotatable bonds is 2. The van der Waals surface area contributed by atoms with Crippen LogP contribution in [0.3, 0.4) is 0 Å². The highest BCUT2D eigenvalue weighted by Crippen LogP contribution is 2.03. The molecule has 0 atom stereocenters. The van der Waals surface area contributed by atoms with Crippen molar-refractivity contribution in [2.24, 2.45) is 10.9 Å². The lowest BCUT2D eigenvalue weighted by atomic mass is 10.2. The Balaban J connectivity index is 4.35. The Morgan fingerprint density at radius 2 is 1.64 bits per heavy atom. The third-order valence-electron chi connectivity index (χ3n) is 1.48. The molecule has 4 nitrogen and oxygen atoms in total. The summed E-state index contributed by atoms with van der Waals surface area (Å²) in [5, 5.41) is 11.4. The zero-order valence-electron chi connectivity index (χ0n) is 7.57. The topological polar surface area (TPSA) is 61.8 Å². The molecular weight excluding hydrogens is 142 g/mol. The fourth-order valence-electron chi connectivity index (χ4n) is 1.18. The van der Waals surface area contributed by atoms with E-state index in [0.717, 1.165) is 0 Å². The van der Waals surface area contributed by atoms with Crippen LogP contribution in [-0.2, 0) is 0 Å². The van der Waals surface area contributed by atoms with Crippen LogP contribution in [0.4, 0.5) is 0 Å². The predicted molar refractivity (Wildman–Crippen MR) is 45.5 cm³/mol. The van der Waals surface area contributed by atoms with Gasteiger partial charge >= 0.3 is 0 Å². The van der Waals surface area contributed by atoms with Gasteiger partial charge in [-0.1, -0.05) is 5.16 Å². The summed E-state index contributed by atoms with van der Waals surface area (Å²) >= 11 is 0. The molecule has 0 heterocycles. The van der Waals surface area contributed by atoms with E-state index in [0.29, 0.717) is 0 Å². The lowest BCUT2D eigenvalue weighted by Crippen LogP contribution is -2.46. The molecule has 4 heteroatoms. The minimum Gasteiger partial charge on any atom is -0.408 e. The smallest absolute Gasteiger partial charge is 0.233 e. The zero-order valence-corrected chi connectivity index (χ0v) is 7.57. The van der Waals surface area contributed by atoms with Gasteiger partial charge in [0.1, 0.15) is 0 Å². The minimum atomic E-state index is 0.176. The summed E-state index contributed by atoms with van der Waals surface area (Å²) in [4.78, 5) is 1.83. The zero-order chi connectivity index (χ0) is 9.02. The summed E-state index contributed by atoms with van der Waals surface area (Å²) in [6, 6.07) is 0.511. The molecule has 0 aromatic rings. The van der Waals surface area contributed by atoms with Crippen molar-refractivity contribution in [1.29, 1.82) is 0 Å². The van der Waals surface area contributed by atoms with E-state index in [1.54, 1.807) is 0 Å². The Kier molecular flexibility index (Phi) is 3.71. The van der Waals surface area contributed by atoms with Crippen molar-refractivity contribution in [3.63, 3.8) is 0 Å². The van der Waals surface area contributed by atoms with Crippen LogP contribution in [0.5, 0.6) is 0 Å². The van der Waals surface area contributed by atoms with Gasteiger partial charge < -0.3 is 15.8 Å². The summed E-state index contributed by atoms with van der Waals surface area (Å²) in [5.74, 6) is 0.176. The Morgan fingerprint density at radius 3 is 1.73 bits per heavy atom. The van der Waals surface area contributed by atoms with Gasteiger partial charge in [0.25, 0.3) is 0 Å². The second-order valence-corrected chi connectivity index (χ2v) is 3.05. The van der Waals surface area contributed by atoms with E-state index in [2.05, 4.69) is 5.16 Å². The standard InChI is InChI=1S/C7H17N3O/c1-5(2)10(6(3)4)7(8)9-11/h5-6,11H,1-4H3,(H2,8,9). The van der Waals surface area contributed by atoms with Crippen LogP contribution in [-0.4, -0.2) is 28.2 Å². The molecule has 0 aromatic heterocycles. The molecule has 11 heavy (non-hydrogen) atoms. The molecular formula is C7H17N3O. The van der Waals surface area contributed by atoms with Crippen LogP contribution in [0.1, 0.15) is 27.7 Å². The molecule has 0 bridgehead atoms. The van der Waals surface area contributed by atoms with E-state index in [1.807, 2.05) is 32.6 Å². The van der Waals surface area contributed by atoms with E-state index in [1.165, 1.54) is 0 Å². The van der Waals surface area contributed by atoms with Gasteiger partial charge in [0.15, 0.2) is 0 Å². The van der Waals surface area contributed by atoms with E-state index in [9.17, 15) is 0 Å². The summed E-state index contributed by atoms with van der Waals surface area (Å²) in [7, 11) is 0. The van der Waals surface area contributed by atoms with Gasteiger partial charge in [-0.3, -0.25) is 0 Å². The van der Waals surface area contributed by atoms with Gasteiger partial charge in [0, 0.05) is 12.1 Å². The third kappa shape index (κ3) is 2.65. The highest BCUT2D eigenvalue weighted by molar-refractivity contribution is 5.77. The number of nitrogens with zero attached hydrogens (tertiary/aromatic N) is 2. The fourth-order valence-corrected chi connectivity index (χ4v) is 1.18. The van der Waals surface area contributed by atoms with Crippen LogP contribution < -0.4 is 5.73 Å². The summed E-state index contributed by atoms with van der Waals surface area (Å²) in [6.07, 6.45) is 0. The molecule has 66 valence electrons. The highest BCUT2D eigenvalue weighted by atomic mass is 16.4. The molecule has 0 fully saturated rings. The molecule has 0 aromatic carbocycles. The summed E-state index contributed by atoms with van der Waals surface area (Å²) < 4.78 is 0. The lowest BCUT2D eigenvalue weighted by molar-refractivity contribution is 0.254. The number of nitrogens with two attached hydrogens (primary N) is 1.